The topological polar surface area (TPSA) is 75.6 Å². The largest absolute Gasteiger partial charge is 0.497 e. The average molecular weight is 367 g/mol. The van der Waals surface area contributed by atoms with Gasteiger partial charge in [-0.25, -0.2) is 17.5 Å². The van der Waals surface area contributed by atoms with Crippen molar-refractivity contribution >= 4 is 10.0 Å². The van der Waals surface area contributed by atoms with Crippen molar-refractivity contribution in [1.29, 1.82) is 0 Å². The fourth-order valence-corrected chi connectivity index (χ4v) is 3.63. The van der Waals surface area contributed by atoms with E-state index in [-0.39, 0.29) is 18.7 Å². The quantitative estimate of drug-likeness (QED) is 0.750. The molecule has 2 N–H and O–H groups in total. The monoisotopic (exact) mass is 367 g/mol. The highest BCUT2D eigenvalue weighted by Gasteiger charge is 2.24. The first-order valence-corrected chi connectivity index (χ1v) is 9.41. The Hall–Kier alpha value is -1.96. The fraction of sp³-hybridized carbons (Fsp3) is 0.333. The molecule has 2 rings (SSSR count). The Morgan fingerprint density at radius 2 is 1.64 bits per heavy atom. The Morgan fingerprint density at radius 1 is 1.08 bits per heavy atom. The van der Waals surface area contributed by atoms with Gasteiger partial charge < -0.3 is 9.84 Å². The van der Waals surface area contributed by atoms with Crippen LogP contribution in [-0.2, 0) is 22.2 Å². The predicted molar refractivity (Wildman–Crippen MR) is 94.3 cm³/mol. The molecule has 0 fully saturated rings. The minimum Gasteiger partial charge on any atom is -0.497 e. The molecule has 0 spiro atoms. The van der Waals surface area contributed by atoms with E-state index in [4.69, 9.17) is 4.74 Å². The third-order valence-electron chi connectivity index (χ3n) is 3.69. The van der Waals surface area contributed by atoms with E-state index in [0.717, 1.165) is 5.56 Å². The first-order chi connectivity index (χ1) is 11.7. The molecule has 0 aliphatic heterocycles. The van der Waals surface area contributed by atoms with Crippen molar-refractivity contribution in [3.8, 4) is 5.75 Å². The summed E-state index contributed by atoms with van der Waals surface area (Å²) in [7, 11) is -2.07. The molecule has 1 unspecified atom stereocenters. The summed E-state index contributed by atoms with van der Waals surface area (Å²) in [6, 6.07) is 12.5. The maximum atomic E-state index is 12.9. The van der Waals surface area contributed by atoms with Crippen molar-refractivity contribution < 1.29 is 22.7 Å². The molecule has 0 saturated carbocycles. The van der Waals surface area contributed by atoms with E-state index < -0.39 is 21.4 Å². The smallest absolute Gasteiger partial charge is 0.215 e. The Bertz CT molecular complexity index is 787. The first kappa shape index (κ1) is 19.4. The third-order valence-corrected chi connectivity index (χ3v) is 4.98. The van der Waals surface area contributed by atoms with Crippen LogP contribution in [-0.4, -0.2) is 32.8 Å². The third kappa shape index (κ3) is 6.45. The number of halogens is 1. The van der Waals surface area contributed by atoms with Crippen LogP contribution in [0.15, 0.2) is 48.5 Å². The Morgan fingerprint density at radius 3 is 2.20 bits per heavy atom. The lowest BCUT2D eigenvalue weighted by molar-refractivity contribution is 0.0657. The summed E-state index contributed by atoms with van der Waals surface area (Å²) < 4.78 is 44.6. The molecular formula is C18H22FNO4S. The van der Waals surface area contributed by atoms with Crippen LogP contribution in [0.4, 0.5) is 4.39 Å². The van der Waals surface area contributed by atoms with Crippen molar-refractivity contribution in [3.05, 3.63) is 65.5 Å². The van der Waals surface area contributed by atoms with Gasteiger partial charge in [-0.05, 0) is 42.3 Å². The molecule has 7 heteroatoms. The summed E-state index contributed by atoms with van der Waals surface area (Å²) in [5.41, 5.74) is 0.0944. The summed E-state index contributed by atoms with van der Waals surface area (Å²) in [6.45, 7) is 1.44. The summed E-state index contributed by atoms with van der Waals surface area (Å²) in [5.74, 6) is 0.0197. The van der Waals surface area contributed by atoms with Crippen molar-refractivity contribution in [2.75, 3.05) is 13.7 Å². The summed E-state index contributed by atoms with van der Waals surface area (Å²) >= 11 is 0. The molecule has 2 aromatic carbocycles. The standard InChI is InChI=1S/C18H22FNO4S/c1-18(21,11-14-5-9-17(24-2)10-6-14)13-20-25(22,23)12-15-3-7-16(19)8-4-15/h3-10,20-21H,11-13H2,1-2H3. The van der Waals surface area contributed by atoms with Gasteiger partial charge in [-0.3, -0.25) is 0 Å². The van der Waals surface area contributed by atoms with Crippen LogP contribution >= 0.6 is 0 Å². The predicted octanol–water partition coefficient (Wildman–Crippen LogP) is 2.25. The van der Waals surface area contributed by atoms with Gasteiger partial charge in [0, 0.05) is 13.0 Å². The Balaban J connectivity index is 1.93. The highest BCUT2D eigenvalue weighted by molar-refractivity contribution is 7.88. The Labute approximate surface area is 147 Å². The van der Waals surface area contributed by atoms with Gasteiger partial charge in [-0.15, -0.1) is 0 Å². The zero-order valence-electron chi connectivity index (χ0n) is 14.2. The van der Waals surface area contributed by atoms with Crippen molar-refractivity contribution in [3.63, 3.8) is 0 Å². The average Bonchev–Trinajstić information content (AvgIpc) is 2.56. The van der Waals surface area contributed by atoms with Crippen LogP contribution in [0.25, 0.3) is 0 Å². The highest BCUT2D eigenvalue weighted by atomic mass is 32.2. The Kier molecular flexibility index (Phi) is 6.16. The van der Waals surface area contributed by atoms with Gasteiger partial charge in [0.2, 0.25) is 10.0 Å². The van der Waals surface area contributed by atoms with Gasteiger partial charge in [-0.2, -0.15) is 0 Å². The highest BCUT2D eigenvalue weighted by Crippen LogP contribution is 2.17. The molecule has 0 heterocycles. The first-order valence-electron chi connectivity index (χ1n) is 7.76. The van der Waals surface area contributed by atoms with Crippen LogP contribution in [0, 0.1) is 5.82 Å². The molecule has 0 aliphatic rings. The molecule has 1 atom stereocenters. The van der Waals surface area contributed by atoms with Crippen molar-refractivity contribution in [2.45, 2.75) is 24.7 Å². The van der Waals surface area contributed by atoms with Gasteiger partial charge in [0.1, 0.15) is 11.6 Å². The molecule has 0 radical (unpaired) electrons. The number of ether oxygens (including phenoxy) is 1. The van der Waals surface area contributed by atoms with Gasteiger partial charge in [-0.1, -0.05) is 24.3 Å². The van der Waals surface area contributed by atoms with Crippen LogP contribution in [0.3, 0.4) is 0 Å². The number of benzene rings is 2. The van der Waals surface area contributed by atoms with Crippen LogP contribution in [0.5, 0.6) is 5.75 Å². The summed E-state index contributed by atoms with van der Waals surface area (Å²) in [5, 5.41) is 10.5. The second-order valence-electron chi connectivity index (χ2n) is 6.23. The molecular weight excluding hydrogens is 345 g/mol. The summed E-state index contributed by atoms with van der Waals surface area (Å²) in [4.78, 5) is 0. The molecule has 0 aliphatic carbocycles. The van der Waals surface area contributed by atoms with E-state index in [2.05, 4.69) is 4.72 Å². The molecule has 136 valence electrons. The number of hydrogen-bond donors (Lipinski definition) is 2. The van der Waals surface area contributed by atoms with Gasteiger partial charge in [0.05, 0.1) is 18.5 Å². The number of nitrogens with one attached hydrogen (secondary N) is 1. The lowest BCUT2D eigenvalue weighted by atomic mass is 9.97. The molecule has 0 amide bonds. The number of sulfonamides is 1. The number of methoxy groups -OCH3 is 1. The van der Waals surface area contributed by atoms with E-state index in [1.807, 2.05) is 12.1 Å². The number of hydrogen-bond acceptors (Lipinski definition) is 4. The van der Waals surface area contributed by atoms with Crippen LogP contribution < -0.4 is 9.46 Å². The molecule has 0 saturated heterocycles. The number of rotatable bonds is 8. The summed E-state index contributed by atoms with van der Waals surface area (Å²) in [6.07, 6.45) is 0.288. The van der Waals surface area contributed by atoms with E-state index in [1.165, 1.54) is 24.3 Å². The molecule has 5 nitrogen and oxygen atoms in total. The lowest BCUT2D eigenvalue weighted by Crippen LogP contribution is -2.42. The van der Waals surface area contributed by atoms with Crippen molar-refractivity contribution in [1.82, 2.24) is 4.72 Å². The fourth-order valence-electron chi connectivity index (χ4n) is 2.36. The van der Waals surface area contributed by atoms with E-state index in [1.54, 1.807) is 26.2 Å². The minimum atomic E-state index is -3.64. The minimum absolute atomic E-state index is 0.122. The maximum Gasteiger partial charge on any atom is 0.215 e. The second-order valence-corrected chi connectivity index (χ2v) is 8.04. The van der Waals surface area contributed by atoms with E-state index in [0.29, 0.717) is 11.3 Å². The van der Waals surface area contributed by atoms with E-state index >= 15 is 0 Å². The SMILES string of the molecule is COc1ccc(CC(C)(O)CNS(=O)(=O)Cc2ccc(F)cc2)cc1. The van der Waals surface area contributed by atoms with Crippen LogP contribution in [0.2, 0.25) is 0 Å². The molecule has 0 bridgehead atoms. The molecule has 25 heavy (non-hydrogen) atoms. The van der Waals surface area contributed by atoms with Gasteiger partial charge >= 0.3 is 0 Å². The zero-order valence-corrected chi connectivity index (χ0v) is 15.0. The van der Waals surface area contributed by atoms with Crippen LogP contribution in [0.1, 0.15) is 18.1 Å². The van der Waals surface area contributed by atoms with Crippen molar-refractivity contribution in [2.24, 2.45) is 0 Å². The van der Waals surface area contributed by atoms with E-state index in [9.17, 15) is 17.9 Å². The molecule has 0 aromatic heterocycles. The van der Waals surface area contributed by atoms with Gasteiger partial charge in [0.15, 0.2) is 0 Å². The zero-order chi connectivity index (χ0) is 18.5. The van der Waals surface area contributed by atoms with Gasteiger partial charge in [0.25, 0.3) is 0 Å². The lowest BCUT2D eigenvalue weighted by Gasteiger charge is -2.24. The molecule has 2 aromatic rings. The second kappa shape index (κ2) is 7.95. The normalized spacial score (nSPS) is 14.1. The maximum absolute atomic E-state index is 12.9. The number of aliphatic hydroxyl groups is 1.